The summed E-state index contributed by atoms with van der Waals surface area (Å²) in [6.45, 7) is 3.72. The van der Waals surface area contributed by atoms with E-state index < -0.39 is 6.04 Å². The second-order valence-corrected chi connectivity index (χ2v) is 11.0. The number of tetrazole rings is 1. The van der Waals surface area contributed by atoms with Gasteiger partial charge in [-0.15, -0.1) is 21.5 Å². The number of benzene rings is 2. The van der Waals surface area contributed by atoms with E-state index in [9.17, 15) is 14.7 Å². The Labute approximate surface area is 231 Å². The number of hydrogen-bond donors (Lipinski definition) is 2. The molecule has 202 valence electrons. The van der Waals surface area contributed by atoms with Crippen LogP contribution >= 0.6 is 11.3 Å². The zero-order chi connectivity index (χ0) is 27.4. The highest BCUT2D eigenvalue weighted by Crippen LogP contribution is 2.33. The monoisotopic (exact) mass is 544 g/mol. The lowest BCUT2D eigenvalue weighted by Gasteiger charge is -2.34. The minimum absolute atomic E-state index is 0.0623. The summed E-state index contributed by atoms with van der Waals surface area (Å²) in [5.41, 5.74) is 3.14. The third-order valence-electron chi connectivity index (χ3n) is 7.02. The van der Waals surface area contributed by atoms with E-state index in [1.807, 2.05) is 49.6 Å². The van der Waals surface area contributed by atoms with Crippen molar-refractivity contribution in [1.82, 2.24) is 25.5 Å². The molecule has 2 aromatic heterocycles. The largest absolute Gasteiger partial charge is 0.508 e. The van der Waals surface area contributed by atoms with Crippen LogP contribution in [0.3, 0.4) is 0 Å². The molecule has 1 atom stereocenters. The number of hydrogen-bond acceptors (Lipinski definition) is 7. The number of phenols is 1. The molecule has 2 heterocycles. The Morgan fingerprint density at radius 3 is 2.56 bits per heavy atom. The van der Waals surface area contributed by atoms with Gasteiger partial charge in [-0.3, -0.25) is 14.5 Å². The first-order valence-corrected chi connectivity index (χ1v) is 14.1. The van der Waals surface area contributed by atoms with Gasteiger partial charge < -0.3 is 10.4 Å². The van der Waals surface area contributed by atoms with Crippen LogP contribution < -0.4 is 10.2 Å². The van der Waals surface area contributed by atoms with Crippen LogP contribution in [-0.2, 0) is 16.1 Å². The quantitative estimate of drug-likeness (QED) is 0.325. The second kappa shape index (κ2) is 11.8. The lowest BCUT2D eigenvalue weighted by molar-refractivity contribution is -0.127. The minimum atomic E-state index is -0.957. The van der Waals surface area contributed by atoms with Crippen LogP contribution in [0.25, 0.3) is 10.7 Å². The number of thiophene rings is 1. The second-order valence-electron chi connectivity index (χ2n) is 10.0. The van der Waals surface area contributed by atoms with Crippen LogP contribution in [0.5, 0.6) is 5.75 Å². The molecule has 10 heteroatoms. The Morgan fingerprint density at radius 1 is 1.10 bits per heavy atom. The number of aryl methyl sites for hydroxylation is 2. The van der Waals surface area contributed by atoms with Crippen molar-refractivity contribution in [3.8, 4) is 16.5 Å². The van der Waals surface area contributed by atoms with Gasteiger partial charge in [-0.05, 0) is 72.7 Å². The van der Waals surface area contributed by atoms with Crippen LogP contribution in [0.2, 0.25) is 0 Å². The van der Waals surface area contributed by atoms with Crippen molar-refractivity contribution in [3.05, 3.63) is 76.7 Å². The maximum Gasteiger partial charge on any atom is 0.251 e. The average Bonchev–Trinajstić information content (AvgIpc) is 3.61. The third kappa shape index (κ3) is 6.17. The Hall–Kier alpha value is -4.05. The molecule has 1 aliphatic rings. The first kappa shape index (κ1) is 26.6. The fraction of sp³-hybridized carbons (Fsp3) is 0.345. The Bertz CT molecular complexity index is 1430. The number of aromatic hydroxyl groups is 1. The van der Waals surface area contributed by atoms with E-state index in [4.69, 9.17) is 0 Å². The summed E-state index contributed by atoms with van der Waals surface area (Å²) in [5, 5.41) is 27.7. The summed E-state index contributed by atoms with van der Waals surface area (Å²) in [4.78, 5) is 31.7. The number of nitrogens with one attached hydrogen (secondary N) is 1. The number of anilines is 1. The van der Waals surface area contributed by atoms with Crippen molar-refractivity contribution in [1.29, 1.82) is 0 Å². The summed E-state index contributed by atoms with van der Waals surface area (Å²) < 4.78 is 0. The third-order valence-corrected chi connectivity index (χ3v) is 7.88. The number of nitrogens with zero attached hydrogens (tertiary/aromatic N) is 5. The normalized spacial score (nSPS) is 14.6. The highest BCUT2D eigenvalue weighted by Gasteiger charge is 2.35. The number of phenolic OH excluding ortho intramolecular Hbond substituents is 1. The number of rotatable bonds is 8. The van der Waals surface area contributed by atoms with Crippen LogP contribution in [0.15, 0.2) is 60.0 Å². The molecule has 1 saturated carbocycles. The maximum atomic E-state index is 14.1. The van der Waals surface area contributed by atoms with Gasteiger partial charge >= 0.3 is 0 Å². The van der Waals surface area contributed by atoms with Crippen molar-refractivity contribution < 1.29 is 14.7 Å². The molecule has 39 heavy (non-hydrogen) atoms. The first-order valence-electron chi connectivity index (χ1n) is 13.2. The van der Waals surface area contributed by atoms with Gasteiger partial charge in [0.05, 0.1) is 4.88 Å². The summed E-state index contributed by atoms with van der Waals surface area (Å²) in [7, 11) is 0. The van der Waals surface area contributed by atoms with Gasteiger partial charge in [0.25, 0.3) is 5.91 Å². The standard InChI is InChI=1S/C29H32N6O3S/c1-19-10-15-24(20(2)17-19)35(26(37)18-34-32-28(31-33-34)25-9-6-16-39-25)27(21-11-13-23(36)14-12-21)29(38)30-22-7-4-3-5-8-22/h6,9-17,22,27,36H,3-5,7-8,18H2,1-2H3,(H,30,38)/t27-/m0/s1. The Kier molecular flexibility index (Phi) is 8.02. The molecule has 5 rings (SSSR count). The zero-order valence-corrected chi connectivity index (χ0v) is 22.9. The number of aromatic nitrogens is 4. The molecule has 0 bridgehead atoms. The van der Waals surface area contributed by atoms with Gasteiger partial charge in [-0.1, -0.05) is 55.2 Å². The van der Waals surface area contributed by atoms with Gasteiger partial charge in [0.2, 0.25) is 11.7 Å². The van der Waals surface area contributed by atoms with E-state index in [0.717, 1.165) is 41.7 Å². The topological polar surface area (TPSA) is 113 Å². The average molecular weight is 545 g/mol. The molecule has 1 fully saturated rings. The molecule has 2 amide bonds. The summed E-state index contributed by atoms with van der Waals surface area (Å²) in [6, 6.07) is 15.1. The minimum Gasteiger partial charge on any atom is -0.508 e. The smallest absolute Gasteiger partial charge is 0.251 e. The lowest BCUT2D eigenvalue weighted by Crippen LogP contribution is -2.48. The van der Waals surface area contributed by atoms with Crippen molar-refractivity contribution in [2.75, 3.05) is 4.90 Å². The molecule has 0 radical (unpaired) electrons. The van der Waals surface area contributed by atoms with Gasteiger partial charge in [-0.25, -0.2) is 0 Å². The lowest BCUT2D eigenvalue weighted by atomic mass is 9.94. The molecule has 2 N–H and O–H groups in total. The summed E-state index contributed by atoms with van der Waals surface area (Å²) >= 11 is 1.49. The van der Waals surface area contributed by atoms with Crippen LogP contribution in [0, 0.1) is 13.8 Å². The number of carbonyl (C=O) groups is 2. The van der Waals surface area contributed by atoms with E-state index in [1.54, 1.807) is 12.1 Å². The molecule has 0 unspecified atom stereocenters. The van der Waals surface area contributed by atoms with Crippen molar-refractivity contribution in [2.45, 2.75) is 64.6 Å². The Morgan fingerprint density at radius 2 is 1.87 bits per heavy atom. The van der Waals surface area contributed by atoms with Gasteiger partial charge in [0.1, 0.15) is 18.3 Å². The van der Waals surface area contributed by atoms with E-state index in [0.29, 0.717) is 17.1 Å². The predicted octanol–water partition coefficient (Wildman–Crippen LogP) is 4.95. The van der Waals surface area contributed by atoms with E-state index in [-0.39, 0.29) is 30.2 Å². The fourth-order valence-corrected chi connectivity index (χ4v) is 5.75. The van der Waals surface area contributed by atoms with Crippen molar-refractivity contribution >= 4 is 28.8 Å². The van der Waals surface area contributed by atoms with Crippen LogP contribution in [0.4, 0.5) is 5.69 Å². The fourth-order valence-electron chi connectivity index (χ4n) is 5.11. The SMILES string of the molecule is Cc1ccc(N(C(=O)Cn2nnc(-c3cccs3)n2)[C@H](C(=O)NC2CCCCC2)c2ccc(O)cc2)c(C)c1. The molecular formula is C29H32N6O3S. The highest BCUT2D eigenvalue weighted by molar-refractivity contribution is 7.13. The van der Waals surface area contributed by atoms with Crippen molar-refractivity contribution in [2.24, 2.45) is 0 Å². The molecule has 9 nitrogen and oxygen atoms in total. The number of amides is 2. The van der Waals surface area contributed by atoms with Gasteiger partial charge in [0, 0.05) is 11.7 Å². The molecule has 1 aliphatic carbocycles. The van der Waals surface area contributed by atoms with Crippen LogP contribution in [0.1, 0.15) is 54.8 Å². The molecule has 4 aromatic rings. The maximum absolute atomic E-state index is 14.1. The summed E-state index contributed by atoms with van der Waals surface area (Å²) in [6.07, 6.45) is 5.14. The first-order chi connectivity index (χ1) is 18.9. The molecule has 0 aliphatic heterocycles. The predicted molar refractivity (Wildman–Crippen MR) is 150 cm³/mol. The number of carbonyl (C=O) groups excluding carboxylic acids is 2. The van der Waals surface area contributed by atoms with E-state index in [1.165, 1.54) is 39.6 Å². The highest BCUT2D eigenvalue weighted by atomic mass is 32.1. The molecule has 0 spiro atoms. The van der Waals surface area contributed by atoms with E-state index >= 15 is 0 Å². The molecular weight excluding hydrogens is 512 g/mol. The van der Waals surface area contributed by atoms with E-state index in [2.05, 4.69) is 20.7 Å². The molecule has 2 aromatic carbocycles. The molecule has 0 saturated heterocycles. The Balaban J connectivity index is 1.53. The van der Waals surface area contributed by atoms with Crippen LogP contribution in [-0.4, -0.2) is 43.2 Å². The summed E-state index contributed by atoms with van der Waals surface area (Å²) in [5.74, 6) is -0.0795. The van der Waals surface area contributed by atoms with Gasteiger partial charge in [-0.2, -0.15) is 4.80 Å². The van der Waals surface area contributed by atoms with Gasteiger partial charge in [0.15, 0.2) is 0 Å². The van der Waals surface area contributed by atoms with Crippen molar-refractivity contribution in [3.63, 3.8) is 0 Å². The zero-order valence-electron chi connectivity index (χ0n) is 22.1.